The Morgan fingerprint density at radius 1 is 1.37 bits per heavy atom. The van der Waals surface area contributed by atoms with E-state index in [1.165, 1.54) is 7.11 Å². The molecule has 0 radical (unpaired) electrons. The summed E-state index contributed by atoms with van der Waals surface area (Å²) < 4.78 is 4.95. The molecule has 6 heteroatoms. The Labute approximate surface area is 112 Å². The third-order valence-corrected chi connectivity index (χ3v) is 4.02. The predicted octanol–water partition coefficient (Wildman–Crippen LogP) is 0.404. The summed E-state index contributed by atoms with van der Waals surface area (Å²) in [6.07, 6.45) is 1.12. The third-order valence-electron chi connectivity index (χ3n) is 4.02. The Kier molecular flexibility index (Phi) is 3.10. The maximum atomic E-state index is 12.4. The number of fused-ring (bicyclic) bond motifs is 2. The quantitative estimate of drug-likeness (QED) is 0.789. The molecule has 0 spiro atoms. The second kappa shape index (κ2) is 4.77. The minimum atomic E-state index is -0.00726. The lowest BCUT2D eigenvalue weighted by molar-refractivity contribution is -0.0462. The number of hydrogen-bond acceptors (Lipinski definition) is 5. The number of hydrogen-bond donors (Lipinski definition) is 0. The van der Waals surface area contributed by atoms with Gasteiger partial charge in [-0.05, 0) is 19.0 Å². The molecule has 2 bridgehead atoms. The van der Waals surface area contributed by atoms with E-state index in [4.69, 9.17) is 4.74 Å². The summed E-state index contributed by atoms with van der Waals surface area (Å²) in [6, 6.07) is 4.04. The summed E-state index contributed by atoms with van der Waals surface area (Å²) in [7, 11) is 1.53. The van der Waals surface area contributed by atoms with Crippen molar-refractivity contribution >= 4 is 5.91 Å². The van der Waals surface area contributed by atoms with Crippen LogP contribution in [0, 0.1) is 0 Å². The number of carbonyl (C=O) groups excluding carboxylic acids is 1. The minimum absolute atomic E-state index is 0.00726. The van der Waals surface area contributed by atoms with E-state index in [1.54, 1.807) is 12.1 Å². The van der Waals surface area contributed by atoms with E-state index < -0.39 is 0 Å². The summed E-state index contributed by atoms with van der Waals surface area (Å²) in [5, 5.41) is 7.79. The zero-order valence-corrected chi connectivity index (χ0v) is 11.2. The van der Waals surface area contributed by atoms with E-state index in [9.17, 15) is 4.79 Å². The average Bonchev–Trinajstić information content (AvgIpc) is 2.47. The molecule has 6 nitrogen and oxygen atoms in total. The van der Waals surface area contributed by atoms with Crippen LogP contribution in [0.3, 0.4) is 0 Å². The molecule has 4 heterocycles. The maximum absolute atomic E-state index is 12.4. The van der Waals surface area contributed by atoms with Crippen molar-refractivity contribution in [2.75, 3.05) is 26.7 Å². The van der Waals surface area contributed by atoms with Crippen LogP contribution in [0.4, 0.5) is 0 Å². The van der Waals surface area contributed by atoms with Crippen molar-refractivity contribution in [3.05, 3.63) is 17.8 Å². The standard InChI is InChI=1S/C13H18N4O2/c1-3-16-7-9-6-10(8-16)17(9)13(18)11-4-5-12(19-2)15-14-11/h4-5,9-10H,3,6-8H2,1-2H3. The Morgan fingerprint density at radius 2 is 2.11 bits per heavy atom. The minimum Gasteiger partial charge on any atom is -0.480 e. The average molecular weight is 262 g/mol. The van der Waals surface area contributed by atoms with Crippen LogP contribution in [-0.4, -0.2) is 64.7 Å². The van der Waals surface area contributed by atoms with Crippen LogP contribution in [0.2, 0.25) is 0 Å². The number of piperazine rings is 1. The van der Waals surface area contributed by atoms with Crippen molar-refractivity contribution in [3.63, 3.8) is 0 Å². The molecule has 3 saturated heterocycles. The van der Waals surface area contributed by atoms with E-state index in [2.05, 4.69) is 22.0 Å². The van der Waals surface area contributed by atoms with Gasteiger partial charge in [-0.2, -0.15) is 0 Å². The first-order chi connectivity index (χ1) is 9.22. The molecule has 3 fully saturated rings. The van der Waals surface area contributed by atoms with Gasteiger partial charge in [0.15, 0.2) is 5.69 Å². The highest BCUT2D eigenvalue weighted by Crippen LogP contribution is 2.33. The van der Waals surface area contributed by atoms with Gasteiger partial charge in [-0.3, -0.25) is 9.69 Å². The van der Waals surface area contributed by atoms with Crippen LogP contribution >= 0.6 is 0 Å². The van der Waals surface area contributed by atoms with Crippen LogP contribution < -0.4 is 4.74 Å². The molecule has 2 atom stereocenters. The van der Waals surface area contributed by atoms with E-state index in [0.29, 0.717) is 23.7 Å². The Bertz CT molecular complexity index is 464. The number of ether oxygens (including phenoxy) is 1. The molecule has 1 amide bonds. The summed E-state index contributed by atoms with van der Waals surface area (Å²) in [5.74, 6) is 0.421. The molecule has 0 saturated carbocycles. The van der Waals surface area contributed by atoms with Gasteiger partial charge in [0.25, 0.3) is 5.91 Å². The van der Waals surface area contributed by atoms with Gasteiger partial charge < -0.3 is 9.64 Å². The second-order valence-corrected chi connectivity index (χ2v) is 5.07. The van der Waals surface area contributed by atoms with Gasteiger partial charge >= 0.3 is 0 Å². The van der Waals surface area contributed by atoms with E-state index in [1.807, 2.05) is 4.90 Å². The van der Waals surface area contributed by atoms with Gasteiger partial charge in [0, 0.05) is 31.2 Å². The zero-order valence-electron chi connectivity index (χ0n) is 11.2. The lowest BCUT2D eigenvalue weighted by atomic mass is 9.87. The number of methoxy groups -OCH3 is 1. The topological polar surface area (TPSA) is 58.6 Å². The molecule has 3 aliphatic heterocycles. The summed E-state index contributed by atoms with van der Waals surface area (Å²) >= 11 is 0. The van der Waals surface area contributed by atoms with Crippen molar-refractivity contribution < 1.29 is 9.53 Å². The molecule has 4 rings (SSSR count). The highest BCUT2D eigenvalue weighted by molar-refractivity contribution is 5.93. The Hall–Kier alpha value is -1.69. The van der Waals surface area contributed by atoms with Gasteiger partial charge in [-0.15, -0.1) is 10.2 Å². The molecule has 0 N–H and O–H groups in total. The van der Waals surface area contributed by atoms with E-state index >= 15 is 0 Å². The second-order valence-electron chi connectivity index (χ2n) is 5.07. The van der Waals surface area contributed by atoms with Crippen LogP contribution in [0.5, 0.6) is 5.88 Å². The summed E-state index contributed by atoms with van der Waals surface area (Å²) in [6.45, 7) is 5.16. The summed E-state index contributed by atoms with van der Waals surface area (Å²) in [4.78, 5) is 16.8. The molecule has 1 aromatic heterocycles. The van der Waals surface area contributed by atoms with Crippen molar-refractivity contribution in [1.82, 2.24) is 20.0 Å². The van der Waals surface area contributed by atoms with Crippen molar-refractivity contribution in [2.24, 2.45) is 0 Å². The fraction of sp³-hybridized carbons (Fsp3) is 0.615. The van der Waals surface area contributed by atoms with Gasteiger partial charge in [0.2, 0.25) is 5.88 Å². The van der Waals surface area contributed by atoms with Gasteiger partial charge in [0.05, 0.1) is 7.11 Å². The highest BCUT2D eigenvalue weighted by atomic mass is 16.5. The number of nitrogens with zero attached hydrogens (tertiary/aromatic N) is 4. The maximum Gasteiger partial charge on any atom is 0.274 e. The molecule has 3 aliphatic rings. The van der Waals surface area contributed by atoms with Gasteiger partial charge in [-0.1, -0.05) is 6.92 Å². The molecule has 2 unspecified atom stereocenters. The Morgan fingerprint density at radius 3 is 2.63 bits per heavy atom. The van der Waals surface area contributed by atoms with Crippen LogP contribution in [0.25, 0.3) is 0 Å². The number of carbonyl (C=O) groups is 1. The predicted molar refractivity (Wildman–Crippen MR) is 69.1 cm³/mol. The van der Waals surface area contributed by atoms with E-state index in [-0.39, 0.29) is 5.91 Å². The first-order valence-corrected chi connectivity index (χ1v) is 6.65. The van der Waals surface area contributed by atoms with Crippen LogP contribution in [-0.2, 0) is 0 Å². The molecular weight excluding hydrogens is 244 g/mol. The molecule has 0 aliphatic carbocycles. The molecular formula is C13H18N4O2. The number of piperidine rings is 1. The number of aromatic nitrogens is 2. The first kappa shape index (κ1) is 12.3. The number of likely N-dealkylation sites (N-methyl/N-ethyl adjacent to an activating group) is 1. The van der Waals surface area contributed by atoms with Crippen molar-refractivity contribution in [2.45, 2.75) is 25.4 Å². The smallest absolute Gasteiger partial charge is 0.274 e. The SMILES string of the molecule is CCN1CC2CC(C1)N2C(=O)c1ccc(OC)nn1. The Balaban J connectivity index is 1.71. The molecule has 0 aromatic carbocycles. The fourth-order valence-corrected chi connectivity index (χ4v) is 2.96. The third kappa shape index (κ3) is 2.06. The lowest BCUT2D eigenvalue weighted by Crippen LogP contribution is -2.70. The van der Waals surface area contributed by atoms with Crippen molar-refractivity contribution in [3.8, 4) is 5.88 Å². The summed E-state index contributed by atoms with van der Waals surface area (Å²) in [5.41, 5.74) is 0.403. The van der Waals surface area contributed by atoms with Crippen LogP contribution in [0.1, 0.15) is 23.8 Å². The fourth-order valence-electron chi connectivity index (χ4n) is 2.96. The highest BCUT2D eigenvalue weighted by Gasteiger charge is 2.47. The molecule has 102 valence electrons. The number of amides is 1. The van der Waals surface area contributed by atoms with Crippen molar-refractivity contribution in [1.29, 1.82) is 0 Å². The largest absolute Gasteiger partial charge is 0.480 e. The first-order valence-electron chi connectivity index (χ1n) is 6.65. The zero-order chi connectivity index (χ0) is 13.4. The molecule has 19 heavy (non-hydrogen) atoms. The number of rotatable bonds is 3. The monoisotopic (exact) mass is 262 g/mol. The van der Waals surface area contributed by atoms with E-state index in [0.717, 1.165) is 26.1 Å². The van der Waals surface area contributed by atoms with Crippen LogP contribution in [0.15, 0.2) is 12.1 Å². The molecule has 1 aromatic rings. The lowest BCUT2D eigenvalue weighted by Gasteiger charge is -2.56. The normalized spacial score (nSPS) is 25.9. The van der Waals surface area contributed by atoms with Gasteiger partial charge in [0.1, 0.15) is 0 Å². The van der Waals surface area contributed by atoms with Gasteiger partial charge in [-0.25, -0.2) is 0 Å².